The topological polar surface area (TPSA) is 59.2 Å². The molecule has 4 nitrogen and oxygen atoms in total. The molecule has 0 aliphatic carbocycles. The molecular formula is C15H16FN3O. The lowest BCUT2D eigenvalue weighted by Crippen LogP contribution is -2.30. The van der Waals surface area contributed by atoms with Gasteiger partial charge in [0.05, 0.1) is 17.9 Å². The molecule has 1 atom stereocenters. The molecule has 0 bridgehead atoms. The van der Waals surface area contributed by atoms with Crippen LogP contribution in [0.3, 0.4) is 0 Å². The van der Waals surface area contributed by atoms with Crippen LogP contribution in [0.5, 0.6) is 0 Å². The fourth-order valence-corrected chi connectivity index (χ4v) is 1.91. The van der Waals surface area contributed by atoms with Gasteiger partial charge in [-0.05, 0) is 25.1 Å². The molecule has 1 amide bonds. The standard InChI is InChI=1S/C15H16FN3O/c1-10(12-5-3-4-6-13(12)16)19(2)15(20)14-8-7-11(17)9-18-14/h3-10H,17H2,1-2H3. The van der Waals surface area contributed by atoms with Gasteiger partial charge in [-0.3, -0.25) is 4.79 Å². The molecule has 0 fully saturated rings. The van der Waals surface area contributed by atoms with E-state index in [9.17, 15) is 9.18 Å². The summed E-state index contributed by atoms with van der Waals surface area (Å²) in [7, 11) is 1.62. The number of carbonyl (C=O) groups excluding carboxylic acids is 1. The van der Waals surface area contributed by atoms with E-state index in [1.54, 1.807) is 44.3 Å². The molecule has 104 valence electrons. The Balaban J connectivity index is 2.22. The third-order valence-corrected chi connectivity index (χ3v) is 3.26. The van der Waals surface area contributed by atoms with Crippen molar-refractivity contribution in [3.8, 4) is 0 Å². The van der Waals surface area contributed by atoms with Gasteiger partial charge < -0.3 is 10.6 Å². The number of hydrogen-bond donors (Lipinski definition) is 1. The first kappa shape index (κ1) is 14.0. The van der Waals surface area contributed by atoms with Gasteiger partial charge in [0.1, 0.15) is 11.5 Å². The van der Waals surface area contributed by atoms with Crippen molar-refractivity contribution in [2.24, 2.45) is 0 Å². The van der Waals surface area contributed by atoms with E-state index in [0.717, 1.165) is 0 Å². The number of aromatic nitrogens is 1. The molecule has 2 N–H and O–H groups in total. The highest BCUT2D eigenvalue weighted by atomic mass is 19.1. The fourth-order valence-electron chi connectivity index (χ4n) is 1.91. The van der Waals surface area contributed by atoms with E-state index in [1.807, 2.05) is 0 Å². The molecule has 1 unspecified atom stereocenters. The summed E-state index contributed by atoms with van der Waals surface area (Å²) in [6.45, 7) is 1.77. The molecule has 20 heavy (non-hydrogen) atoms. The van der Waals surface area contributed by atoms with Crippen LogP contribution in [0.4, 0.5) is 10.1 Å². The summed E-state index contributed by atoms with van der Waals surface area (Å²) in [5.74, 6) is -0.606. The second-order valence-electron chi connectivity index (χ2n) is 4.59. The Labute approximate surface area is 117 Å². The minimum absolute atomic E-state index is 0.277. The minimum Gasteiger partial charge on any atom is -0.397 e. The third-order valence-electron chi connectivity index (χ3n) is 3.26. The van der Waals surface area contributed by atoms with E-state index < -0.39 is 0 Å². The zero-order chi connectivity index (χ0) is 14.7. The van der Waals surface area contributed by atoms with E-state index >= 15 is 0 Å². The van der Waals surface area contributed by atoms with Crippen molar-refractivity contribution in [2.45, 2.75) is 13.0 Å². The van der Waals surface area contributed by atoms with Gasteiger partial charge in [-0.2, -0.15) is 0 Å². The summed E-state index contributed by atoms with van der Waals surface area (Å²) < 4.78 is 13.7. The second-order valence-corrected chi connectivity index (χ2v) is 4.59. The summed E-state index contributed by atoms with van der Waals surface area (Å²) in [6.07, 6.45) is 1.43. The largest absolute Gasteiger partial charge is 0.397 e. The average molecular weight is 273 g/mol. The number of halogens is 1. The van der Waals surface area contributed by atoms with Crippen LogP contribution in [0, 0.1) is 5.82 Å². The molecule has 2 aromatic rings. The van der Waals surface area contributed by atoms with Crippen LogP contribution in [0.1, 0.15) is 29.0 Å². The Morgan fingerprint density at radius 3 is 2.60 bits per heavy atom. The van der Waals surface area contributed by atoms with Crippen molar-refractivity contribution in [3.05, 3.63) is 59.7 Å². The molecule has 0 aliphatic rings. The molecule has 2 rings (SSSR count). The fraction of sp³-hybridized carbons (Fsp3) is 0.200. The molecule has 1 heterocycles. The monoisotopic (exact) mass is 273 g/mol. The van der Waals surface area contributed by atoms with Gasteiger partial charge in [-0.25, -0.2) is 9.37 Å². The normalized spacial score (nSPS) is 11.9. The van der Waals surface area contributed by atoms with E-state index in [2.05, 4.69) is 4.98 Å². The number of anilines is 1. The van der Waals surface area contributed by atoms with Crippen molar-refractivity contribution in [1.29, 1.82) is 0 Å². The van der Waals surface area contributed by atoms with Crippen LogP contribution in [0.15, 0.2) is 42.6 Å². The quantitative estimate of drug-likeness (QED) is 0.935. The highest BCUT2D eigenvalue weighted by Gasteiger charge is 2.21. The molecule has 1 aromatic heterocycles. The average Bonchev–Trinajstić information content (AvgIpc) is 2.46. The van der Waals surface area contributed by atoms with Crippen molar-refractivity contribution in [3.63, 3.8) is 0 Å². The predicted molar refractivity (Wildman–Crippen MR) is 75.6 cm³/mol. The highest BCUT2D eigenvalue weighted by Crippen LogP contribution is 2.22. The number of hydrogen-bond acceptors (Lipinski definition) is 3. The first-order valence-corrected chi connectivity index (χ1v) is 6.24. The Kier molecular flexibility index (Phi) is 3.98. The van der Waals surface area contributed by atoms with Gasteiger partial charge in [0, 0.05) is 12.6 Å². The number of nitrogens with two attached hydrogens (primary N) is 1. The molecule has 0 aliphatic heterocycles. The lowest BCUT2D eigenvalue weighted by atomic mass is 10.1. The first-order valence-electron chi connectivity index (χ1n) is 6.24. The Hall–Kier alpha value is -2.43. The van der Waals surface area contributed by atoms with Gasteiger partial charge in [0.25, 0.3) is 5.91 Å². The summed E-state index contributed by atoms with van der Waals surface area (Å²) in [4.78, 5) is 17.7. The maximum atomic E-state index is 13.7. The molecular weight excluding hydrogens is 257 g/mol. The second kappa shape index (κ2) is 5.69. The van der Waals surface area contributed by atoms with Gasteiger partial charge in [0.15, 0.2) is 0 Å². The lowest BCUT2D eigenvalue weighted by Gasteiger charge is -2.25. The summed E-state index contributed by atoms with van der Waals surface area (Å²) in [6, 6.07) is 9.20. The van der Waals surface area contributed by atoms with E-state index in [1.165, 1.54) is 17.2 Å². The van der Waals surface area contributed by atoms with Crippen LogP contribution in [0.25, 0.3) is 0 Å². The van der Waals surface area contributed by atoms with Crippen molar-refractivity contribution < 1.29 is 9.18 Å². The highest BCUT2D eigenvalue weighted by molar-refractivity contribution is 5.92. The molecule has 0 saturated heterocycles. The van der Waals surface area contributed by atoms with Crippen molar-refractivity contribution in [1.82, 2.24) is 9.88 Å². The zero-order valence-electron chi connectivity index (χ0n) is 11.4. The van der Waals surface area contributed by atoms with E-state index in [-0.39, 0.29) is 23.5 Å². The smallest absolute Gasteiger partial charge is 0.272 e. The van der Waals surface area contributed by atoms with E-state index in [4.69, 9.17) is 5.73 Å². The van der Waals surface area contributed by atoms with Crippen LogP contribution >= 0.6 is 0 Å². The lowest BCUT2D eigenvalue weighted by molar-refractivity contribution is 0.0734. The van der Waals surface area contributed by atoms with Crippen LogP contribution < -0.4 is 5.73 Å². The number of pyridine rings is 1. The number of rotatable bonds is 3. The predicted octanol–water partition coefficient (Wildman–Crippen LogP) is 2.64. The molecule has 5 heteroatoms. The number of carbonyl (C=O) groups is 1. The van der Waals surface area contributed by atoms with Gasteiger partial charge in [0.2, 0.25) is 0 Å². The van der Waals surface area contributed by atoms with E-state index in [0.29, 0.717) is 11.3 Å². The van der Waals surface area contributed by atoms with Crippen molar-refractivity contribution >= 4 is 11.6 Å². The SMILES string of the molecule is CC(c1ccccc1F)N(C)C(=O)c1ccc(N)cn1. The molecule has 1 aromatic carbocycles. The first-order chi connectivity index (χ1) is 9.50. The number of amides is 1. The molecule has 0 radical (unpaired) electrons. The minimum atomic E-state index is -0.386. The Morgan fingerprint density at radius 2 is 2.00 bits per heavy atom. The molecule has 0 saturated carbocycles. The molecule has 0 spiro atoms. The Morgan fingerprint density at radius 1 is 1.30 bits per heavy atom. The third kappa shape index (κ3) is 2.77. The summed E-state index contributed by atoms with van der Waals surface area (Å²) in [5.41, 5.74) is 6.78. The zero-order valence-corrected chi connectivity index (χ0v) is 11.4. The number of benzene rings is 1. The van der Waals surface area contributed by atoms with Gasteiger partial charge in [-0.1, -0.05) is 18.2 Å². The number of nitrogen functional groups attached to an aromatic ring is 1. The maximum Gasteiger partial charge on any atom is 0.272 e. The van der Waals surface area contributed by atoms with Crippen LogP contribution in [-0.2, 0) is 0 Å². The number of nitrogens with zero attached hydrogens (tertiary/aromatic N) is 2. The Bertz CT molecular complexity index is 613. The maximum absolute atomic E-state index is 13.7. The summed E-state index contributed by atoms with van der Waals surface area (Å²) in [5, 5.41) is 0. The summed E-state index contributed by atoms with van der Waals surface area (Å²) >= 11 is 0. The van der Waals surface area contributed by atoms with Gasteiger partial charge in [-0.15, -0.1) is 0 Å². The van der Waals surface area contributed by atoms with Crippen LogP contribution in [-0.4, -0.2) is 22.8 Å². The van der Waals surface area contributed by atoms with Crippen LogP contribution in [0.2, 0.25) is 0 Å². The van der Waals surface area contributed by atoms with Crippen molar-refractivity contribution in [2.75, 3.05) is 12.8 Å². The van der Waals surface area contributed by atoms with Gasteiger partial charge >= 0.3 is 0 Å².